The minimum atomic E-state index is -0.343. The van der Waals surface area contributed by atoms with Crippen LogP contribution in [0.2, 0.25) is 0 Å². The number of ether oxygens (including phenoxy) is 1. The van der Waals surface area contributed by atoms with Gasteiger partial charge in [-0.2, -0.15) is 4.98 Å². The lowest BCUT2D eigenvalue weighted by Gasteiger charge is -2.08. The van der Waals surface area contributed by atoms with E-state index in [2.05, 4.69) is 9.97 Å². The van der Waals surface area contributed by atoms with Crippen LogP contribution in [0.1, 0.15) is 11.1 Å². The fourth-order valence-electron chi connectivity index (χ4n) is 1.68. The molecule has 0 saturated heterocycles. The zero-order valence-corrected chi connectivity index (χ0v) is 10.2. The molecule has 0 atom stereocenters. The summed E-state index contributed by atoms with van der Waals surface area (Å²) in [5.41, 5.74) is 1.51. The molecule has 18 heavy (non-hydrogen) atoms. The molecule has 2 rings (SSSR count). The fraction of sp³-hybridized carbons (Fsp3) is 0.231. The van der Waals surface area contributed by atoms with Gasteiger partial charge < -0.3 is 14.8 Å². The van der Waals surface area contributed by atoms with E-state index in [1.807, 2.05) is 24.3 Å². The predicted molar refractivity (Wildman–Crippen MR) is 67.4 cm³/mol. The Morgan fingerprint density at radius 2 is 2.11 bits per heavy atom. The molecule has 5 heteroatoms. The Kier molecular flexibility index (Phi) is 3.43. The lowest BCUT2D eigenvalue weighted by molar-refractivity contribution is 0.185. The number of nitrogens with one attached hydrogen (secondary N) is 1. The normalized spacial score (nSPS) is 10.6. The topological polar surface area (TPSA) is 75.2 Å². The van der Waals surface area contributed by atoms with Gasteiger partial charge in [-0.3, -0.25) is 4.79 Å². The van der Waals surface area contributed by atoms with Crippen LogP contribution in [-0.4, -0.2) is 22.2 Å². The van der Waals surface area contributed by atoms with Crippen LogP contribution in [0.15, 0.2) is 29.1 Å². The van der Waals surface area contributed by atoms with E-state index in [1.54, 1.807) is 7.11 Å². The maximum absolute atomic E-state index is 11.6. The van der Waals surface area contributed by atoms with E-state index in [0.29, 0.717) is 12.4 Å². The van der Waals surface area contributed by atoms with Crippen LogP contribution >= 0.6 is 0 Å². The number of hydrogen-bond donors (Lipinski definition) is 2. The minimum absolute atomic E-state index is 0.211. The van der Waals surface area contributed by atoms with Gasteiger partial charge in [0.15, 0.2) is 0 Å². The van der Waals surface area contributed by atoms with Crippen molar-refractivity contribution in [1.82, 2.24) is 9.97 Å². The predicted octanol–water partition coefficient (Wildman–Crippen LogP) is 1.60. The molecule has 5 nitrogen and oxygen atoms in total. The highest BCUT2D eigenvalue weighted by Gasteiger charge is 2.10. The van der Waals surface area contributed by atoms with Gasteiger partial charge in [0, 0.05) is 12.7 Å². The quantitative estimate of drug-likeness (QED) is 0.862. The van der Waals surface area contributed by atoms with Crippen LogP contribution < -0.4 is 5.56 Å². The van der Waals surface area contributed by atoms with E-state index in [4.69, 9.17) is 4.74 Å². The number of aromatic amines is 1. The van der Waals surface area contributed by atoms with Crippen LogP contribution in [0.5, 0.6) is 5.88 Å². The number of aromatic hydroxyl groups is 1. The molecule has 0 fully saturated rings. The Labute approximate surface area is 104 Å². The molecule has 1 aromatic heterocycles. The van der Waals surface area contributed by atoms with Crippen LogP contribution in [0.4, 0.5) is 0 Å². The molecular formula is C13H14N2O3. The molecule has 1 aromatic carbocycles. The van der Waals surface area contributed by atoms with Crippen molar-refractivity contribution in [2.45, 2.75) is 13.5 Å². The minimum Gasteiger partial charge on any atom is -0.493 e. The summed E-state index contributed by atoms with van der Waals surface area (Å²) in [5.74, 6) is 0.0942. The Morgan fingerprint density at radius 1 is 1.39 bits per heavy atom. The van der Waals surface area contributed by atoms with Gasteiger partial charge in [-0.05, 0) is 12.5 Å². The molecule has 0 unspecified atom stereocenters. The summed E-state index contributed by atoms with van der Waals surface area (Å²) in [4.78, 5) is 18.3. The van der Waals surface area contributed by atoms with E-state index >= 15 is 0 Å². The zero-order valence-electron chi connectivity index (χ0n) is 10.2. The summed E-state index contributed by atoms with van der Waals surface area (Å²) in [6, 6.07) is 7.42. The first-order valence-electron chi connectivity index (χ1n) is 5.50. The standard InChI is InChI=1S/C13H14N2O3/c1-8-12(16)14-11(15-13(8)17)10-6-4-3-5-9(10)7-18-2/h3-6H,7H2,1-2H3,(H2,14,15,16,17). The van der Waals surface area contributed by atoms with Crippen LogP contribution in [-0.2, 0) is 11.3 Å². The summed E-state index contributed by atoms with van der Waals surface area (Å²) in [6.45, 7) is 1.93. The number of H-pyrrole nitrogens is 1. The third kappa shape index (κ3) is 2.26. The van der Waals surface area contributed by atoms with E-state index in [9.17, 15) is 9.90 Å². The molecule has 0 aliphatic rings. The number of nitrogens with zero attached hydrogens (tertiary/aromatic N) is 1. The molecular weight excluding hydrogens is 232 g/mol. The average Bonchev–Trinajstić information content (AvgIpc) is 2.36. The molecule has 2 aromatic rings. The Morgan fingerprint density at radius 3 is 2.78 bits per heavy atom. The van der Waals surface area contributed by atoms with Crippen LogP contribution in [0, 0.1) is 6.92 Å². The Hall–Kier alpha value is -2.14. The van der Waals surface area contributed by atoms with Gasteiger partial charge in [0.25, 0.3) is 5.56 Å². The molecule has 0 saturated carbocycles. The second-order valence-electron chi connectivity index (χ2n) is 3.95. The highest BCUT2D eigenvalue weighted by molar-refractivity contribution is 5.60. The summed E-state index contributed by atoms with van der Waals surface area (Å²) >= 11 is 0. The van der Waals surface area contributed by atoms with E-state index in [1.165, 1.54) is 6.92 Å². The van der Waals surface area contributed by atoms with Crippen LogP contribution in [0.25, 0.3) is 11.4 Å². The summed E-state index contributed by atoms with van der Waals surface area (Å²) < 4.78 is 5.09. The van der Waals surface area contributed by atoms with Crippen molar-refractivity contribution >= 4 is 0 Å². The maximum Gasteiger partial charge on any atom is 0.257 e. The SMILES string of the molecule is COCc1ccccc1-c1nc(O)c(C)c(=O)[nH]1. The highest BCUT2D eigenvalue weighted by Crippen LogP contribution is 2.21. The number of hydrogen-bond acceptors (Lipinski definition) is 4. The van der Waals surface area contributed by atoms with Gasteiger partial charge >= 0.3 is 0 Å². The second kappa shape index (κ2) is 5.01. The lowest BCUT2D eigenvalue weighted by Crippen LogP contribution is -2.12. The van der Waals surface area contributed by atoms with Gasteiger partial charge in [-0.25, -0.2) is 0 Å². The van der Waals surface area contributed by atoms with E-state index in [0.717, 1.165) is 11.1 Å². The van der Waals surface area contributed by atoms with Crippen molar-refractivity contribution in [1.29, 1.82) is 0 Å². The van der Waals surface area contributed by atoms with Gasteiger partial charge in [0.05, 0.1) is 12.2 Å². The third-order valence-electron chi connectivity index (χ3n) is 2.70. The van der Waals surface area contributed by atoms with Crippen molar-refractivity contribution in [3.05, 3.63) is 45.7 Å². The number of benzene rings is 1. The zero-order chi connectivity index (χ0) is 13.1. The molecule has 0 aliphatic carbocycles. The third-order valence-corrected chi connectivity index (χ3v) is 2.70. The molecule has 0 bridgehead atoms. The average molecular weight is 246 g/mol. The lowest BCUT2D eigenvalue weighted by atomic mass is 10.1. The van der Waals surface area contributed by atoms with E-state index in [-0.39, 0.29) is 17.0 Å². The molecule has 2 N–H and O–H groups in total. The summed E-state index contributed by atoms with van der Waals surface area (Å²) in [7, 11) is 1.60. The van der Waals surface area contributed by atoms with Crippen LogP contribution in [0.3, 0.4) is 0 Å². The first kappa shape index (κ1) is 12.3. The monoisotopic (exact) mass is 246 g/mol. The first-order valence-corrected chi connectivity index (χ1v) is 5.50. The van der Waals surface area contributed by atoms with Crippen molar-refractivity contribution in [3.8, 4) is 17.3 Å². The number of methoxy groups -OCH3 is 1. The first-order chi connectivity index (χ1) is 8.63. The van der Waals surface area contributed by atoms with Crippen molar-refractivity contribution in [2.24, 2.45) is 0 Å². The number of rotatable bonds is 3. The maximum atomic E-state index is 11.6. The second-order valence-corrected chi connectivity index (χ2v) is 3.95. The molecule has 0 spiro atoms. The molecule has 0 radical (unpaired) electrons. The van der Waals surface area contributed by atoms with Gasteiger partial charge in [-0.15, -0.1) is 0 Å². The Bertz CT molecular complexity index is 620. The molecule has 94 valence electrons. The molecule has 0 amide bonds. The van der Waals surface area contributed by atoms with Crippen molar-refractivity contribution in [2.75, 3.05) is 7.11 Å². The smallest absolute Gasteiger partial charge is 0.257 e. The molecule has 1 heterocycles. The van der Waals surface area contributed by atoms with Crippen molar-refractivity contribution in [3.63, 3.8) is 0 Å². The summed E-state index contributed by atoms with van der Waals surface area (Å²) in [5, 5.41) is 9.60. The van der Waals surface area contributed by atoms with Crippen molar-refractivity contribution < 1.29 is 9.84 Å². The number of aromatic nitrogens is 2. The van der Waals surface area contributed by atoms with Gasteiger partial charge in [0.2, 0.25) is 5.88 Å². The fourth-order valence-corrected chi connectivity index (χ4v) is 1.68. The van der Waals surface area contributed by atoms with E-state index < -0.39 is 0 Å². The Balaban J connectivity index is 2.59. The summed E-state index contributed by atoms with van der Waals surface area (Å²) in [6.07, 6.45) is 0. The van der Waals surface area contributed by atoms with Gasteiger partial charge in [-0.1, -0.05) is 24.3 Å². The highest BCUT2D eigenvalue weighted by atomic mass is 16.5. The van der Waals surface area contributed by atoms with Gasteiger partial charge in [0.1, 0.15) is 5.82 Å². The molecule has 0 aliphatic heterocycles. The largest absolute Gasteiger partial charge is 0.493 e.